The predicted octanol–water partition coefficient (Wildman–Crippen LogP) is 4.26. The van der Waals surface area contributed by atoms with Gasteiger partial charge in [0.2, 0.25) is 0 Å². The molecule has 3 rings (SSSR count). The molecule has 0 atom stereocenters. The van der Waals surface area contributed by atoms with Crippen LogP contribution in [0.5, 0.6) is 0 Å². The SMILES string of the molecule is Brc1ccc2c(ccn2CCNCc2cccs2)c1. The van der Waals surface area contributed by atoms with Gasteiger partial charge in [0, 0.05) is 46.1 Å². The lowest BCUT2D eigenvalue weighted by Gasteiger charge is -2.06. The zero-order valence-corrected chi connectivity index (χ0v) is 12.9. The normalized spacial score (nSPS) is 11.2. The molecule has 0 radical (unpaired) electrons. The van der Waals surface area contributed by atoms with E-state index < -0.39 is 0 Å². The number of rotatable bonds is 5. The van der Waals surface area contributed by atoms with E-state index in [4.69, 9.17) is 0 Å². The van der Waals surface area contributed by atoms with Gasteiger partial charge in [0.05, 0.1) is 0 Å². The van der Waals surface area contributed by atoms with Crippen molar-refractivity contribution >= 4 is 38.2 Å². The zero-order chi connectivity index (χ0) is 13.1. The van der Waals surface area contributed by atoms with E-state index in [1.807, 2.05) is 0 Å². The van der Waals surface area contributed by atoms with Crippen LogP contribution in [0, 0.1) is 0 Å². The fourth-order valence-electron chi connectivity index (χ4n) is 2.19. The van der Waals surface area contributed by atoms with E-state index in [0.717, 1.165) is 24.1 Å². The third-order valence-corrected chi connectivity index (χ3v) is 4.51. The van der Waals surface area contributed by atoms with Gasteiger partial charge in [0.1, 0.15) is 0 Å². The van der Waals surface area contributed by atoms with E-state index >= 15 is 0 Å². The van der Waals surface area contributed by atoms with Crippen molar-refractivity contribution in [2.75, 3.05) is 6.54 Å². The molecule has 0 amide bonds. The highest BCUT2D eigenvalue weighted by Gasteiger charge is 2.01. The van der Waals surface area contributed by atoms with Crippen LogP contribution in [0.4, 0.5) is 0 Å². The Morgan fingerprint density at radius 3 is 3.00 bits per heavy atom. The first kappa shape index (κ1) is 12.9. The van der Waals surface area contributed by atoms with Crippen molar-refractivity contribution in [2.45, 2.75) is 13.1 Å². The minimum absolute atomic E-state index is 0.961. The van der Waals surface area contributed by atoms with Crippen molar-refractivity contribution in [1.82, 2.24) is 9.88 Å². The topological polar surface area (TPSA) is 17.0 Å². The number of nitrogens with one attached hydrogen (secondary N) is 1. The van der Waals surface area contributed by atoms with Gasteiger partial charge in [-0.25, -0.2) is 0 Å². The van der Waals surface area contributed by atoms with Gasteiger partial charge >= 0.3 is 0 Å². The minimum atomic E-state index is 0.961. The second-order valence-corrected chi connectivity index (χ2v) is 6.42. The third kappa shape index (κ3) is 3.08. The maximum Gasteiger partial charge on any atom is 0.0481 e. The average molecular weight is 335 g/mol. The summed E-state index contributed by atoms with van der Waals surface area (Å²) >= 11 is 5.31. The first-order valence-electron chi connectivity index (χ1n) is 6.30. The molecular weight excluding hydrogens is 320 g/mol. The Labute approximate surface area is 125 Å². The van der Waals surface area contributed by atoms with Crippen molar-refractivity contribution in [3.8, 4) is 0 Å². The summed E-state index contributed by atoms with van der Waals surface area (Å²) in [4.78, 5) is 1.39. The summed E-state index contributed by atoms with van der Waals surface area (Å²) in [6.45, 7) is 2.94. The summed E-state index contributed by atoms with van der Waals surface area (Å²) in [5, 5.41) is 6.89. The van der Waals surface area contributed by atoms with Crippen LogP contribution >= 0.6 is 27.3 Å². The molecule has 4 heteroatoms. The van der Waals surface area contributed by atoms with E-state index in [9.17, 15) is 0 Å². The van der Waals surface area contributed by atoms with Crippen LogP contribution < -0.4 is 5.32 Å². The van der Waals surface area contributed by atoms with Crippen molar-refractivity contribution < 1.29 is 0 Å². The number of fused-ring (bicyclic) bond motifs is 1. The smallest absolute Gasteiger partial charge is 0.0481 e. The minimum Gasteiger partial charge on any atom is -0.346 e. The van der Waals surface area contributed by atoms with Crippen LogP contribution in [0.2, 0.25) is 0 Å². The molecule has 0 spiro atoms. The van der Waals surface area contributed by atoms with Gasteiger partial charge in [-0.2, -0.15) is 0 Å². The highest BCUT2D eigenvalue weighted by Crippen LogP contribution is 2.20. The molecule has 0 saturated carbocycles. The summed E-state index contributed by atoms with van der Waals surface area (Å²) in [7, 11) is 0. The lowest BCUT2D eigenvalue weighted by atomic mass is 10.2. The molecule has 0 saturated heterocycles. The van der Waals surface area contributed by atoms with E-state index in [-0.39, 0.29) is 0 Å². The first-order valence-corrected chi connectivity index (χ1v) is 7.98. The predicted molar refractivity (Wildman–Crippen MR) is 85.7 cm³/mol. The molecule has 0 bridgehead atoms. The number of halogens is 1. The van der Waals surface area contributed by atoms with Gasteiger partial charge in [-0.3, -0.25) is 0 Å². The fourth-order valence-corrected chi connectivity index (χ4v) is 3.24. The molecule has 0 fully saturated rings. The molecule has 0 aliphatic carbocycles. The molecule has 3 aromatic rings. The molecule has 1 N–H and O–H groups in total. The number of nitrogens with zero attached hydrogens (tertiary/aromatic N) is 1. The van der Waals surface area contributed by atoms with Crippen LogP contribution in [0.15, 0.2) is 52.4 Å². The quantitative estimate of drug-likeness (QED) is 0.690. The molecule has 2 heterocycles. The number of thiophene rings is 1. The van der Waals surface area contributed by atoms with Gasteiger partial charge in [0.15, 0.2) is 0 Å². The van der Waals surface area contributed by atoms with Crippen LogP contribution in [0.3, 0.4) is 0 Å². The third-order valence-electron chi connectivity index (χ3n) is 3.14. The summed E-state index contributed by atoms with van der Waals surface area (Å²) in [5.41, 5.74) is 1.29. The standard InChI is InChI=1S/C15H15BrN2S/c16-13-3-4-15-12(10-13)5-7-18(15)8-6-17-11-14-2-1-9-19-14/h1-5,7,9-10,17H,6,8,11H2. The van der Waals surface area contributed by atoms with Gasteiger partial charge in [0.25, 0.3) is 0 Å². The summed E-state index contributed by atoms with van der Waals surface area (Å²) < 4.78 is 3.43. The van der Waals surface area contributed by atoms with E-state index in [1.54, 1.807) is 11.3 Å². The Morgan fingerprint density at radius 1 is 1.21 bits per heavy atom. The Bertz CT molecular complexity index is 658. The van der Waals surface area contributed by atoms with Crippen molar-refractivity contribution in [2.24, 2.45) is 0 Å². The van der Waals surface area contributed by atoms with Crippen molar-refractivity contribution in [1.29, 1.82) is 0 Å². The van der Waals surface area contributed by atoms with Gasteiger partial charge in [-0.05, 0) is 35.7 Å². The van der Waals surface area contributed by atoms with Crippen molar-refractivity contribution in [3.05, 3.63) is 57.3 Å². The molecule has 1 aromatic carbocycles. The summed E-state index contributed by atoms with van der Waals surface area (Å²) in [6, 6.07) is 12.8. The maximum absolute atomic E-state index is 3.51. The highest BCUT2D eigenvalue weighted by molar-refractivity contribution is 9.10. The lowest BCUT2D eigenvalue weighted by Crippen LogP contribution is -2.18. The van der Waals surface area contributed by atoms with E-state index in [2.05, 4.69) is 73.8 Å². The molecule has 19 heavy (non-hydrogen) atoms. The largest absolute Gasteiger partial charge is 0.346 e. The number of benzene rings is 1. The van der Waals surface area contributed by atoms with Gasteiger partial charge in [-0.15, -0.1) is 11.3 Å². The monoisotopic (exact) mass is 334 g/mol. The number of hydrogen-bond donors (Lipinski definition) is 1. The molecule has 98 valence electrons. The molecule has 0 aliphatic heterocycles. The Morgan fingerprint density at radius 2 is 2.16 bits per heavy atom. The summed E-state index contributed by atoms with van der Waals surface area (Å²) in [5.74, 6) is 0. The van der Waals surface area contributed by atoms with Crippen molar-refractivity contribution in [3.63, 3.8) is 0 Å². The van der Waals surface area contributed by atoms with Gasteiger partial charge < -0.3 is 9.88 Å². The highest BCUT2D eigenvalue weighted by atomic mass is 79.9. The average Bonchev–Trinajstić information content (AvgIpc) is 3.03. The Kier molecular flexibility index (Phi) is 4.01. The van der Waals surface area contributed by atoms with E-state index in [0.29, 0.717) is 0 Å². The summed E-state index contributed by atoms with van der Waals surface area (Å²) in [6.07, 6.45) is 2.16. The second kappa shape index (κ2) is 5.90. The number of hydrogen-bond acceptors (Lipinski definition) is 2. The van der Waals surface area contributed by atoms with E-state index in [1.165, 1.54) is 15.8 Å². The lowest BCUT2D eigenvalue weighted by molar-refractivity contribution is 0.613. The molecule has 2 aromatic heterocycles. The maximum atomic E-state index is 3.51. The number of aromatic nitrogens is 1. The van der Waals surface area contributed by atoms with Gasteiger partial charge in [-0.1, -0.05) is 22.0 Å². The van der Waals surface area contributed by atoms with Crippen LogP contribution in [0.25, 0.3) is 10.9 Å². The zero-order valence-electron chi connectivity index (χ0n) is 10.5. The molecule has 0 unspecified atom stereocenters. The molecule has 2 nitrogen and oxygen atoms in total. The van der Waals surface area contributed by atoms with Crippen LogP contribution in [-0.4, -0.2) is 11.1 Å². The van der Waals surface area contributed by atoms with Crippen LogP contribution in [0.1, 0.15) is 4.88 Å². The molecular formula is C15H15BrN2S. The first-order chi connectivity index (χ1) is 9.33. The molecule has 0 aliphatic rings. The Balaban J connectivity index is 1.59. The second-order valence-electron chi connectivity index (χ2n) is 4.47. The fraction of sp³-hybridized carbons (Fsp3) is 0.200. The Hall–Kier alpha value is -1.10. The van der Waals surface area contributed by atoms with Crippen LogP contribution in [-0.2, 0) is 13.1 Å².